The Labute approximate surface area is 218 Å². The van der Waals surface area contributed by atoms with Crippen LogP contribution in [0.3, 0.4) is 0 Å². The average molecular weight is 596 g/mol. The van der Waals surface area contributed by atoms with E-state index in [0.717, 1.165) is 11.6 Å². The van der Waals surface area contributed by atoms with Gasteiger partial charge >= 0.3 is 31.3 Å². The van der Waals surface area contributed by atoms with E-state index < -0.39 is 43.6 Å². The third kappa shape index (κ3) is 5.30. The molecule has 0 unspecified atom stereocenters. The Morgan fingerprint density at radius 1 is 0.718 bits per heavy atom. The van der Waals surface area contributed by atoms with Crippen LogP contribution in [0.15, 0.2) is 48.5 Å². The van der Waals surface area contributed by atoms with Gasteiger partial charge in [0.25, 0.3) is 0 Å². The van der Waals surface area contributed by atoms with Gasteiger partial charge in [-0.05, 0) is 79.9 Å². The summed E-state index contributed by atoms with van der Waals surface area (Å²) < 4.78 is 132. The quantitative estimate of drug-likeness (QED) is 0.148. The summed E-state index contributed by atoms with van der Waals surface area (Å²) in [6.45, 7) is 4.05. The Morgan fingerprint density at radius 3 is 1.77 bits per heavy atom. The fourth-order valence-electron chi connectivity index (χ4n) is 4.15. The first kappa shape index (κ1) is 28.7. The molecule has 0 radical (unpaired) electrons. The van der Waals surface area contributed by atoms with Gasteiger partial charge in [-0.15, -0.1) is 0 Å². The normalized spacial score (nSPS) is 13.4. The molecule has 0 aliphatic heterocycles. The first-order valence-corrected chi connectivity index (χ1v) is 13.8. The predicted molar refractivity (Wildman–Crippen MR) is 130 cm³/mol. The Bertz CT molecular complexity index is 1800. The van der Waals surface area contributed by atoms with Crippen molar-refractivity contribution in [3.05, 3.63) is 70.8 Å². The van der Waals surface area contributed by atoms with E-state index in [4.69, 9.17) is 0 Å². The molecule has 4 rings (SSSR count). The summed E-state index contributed by atoms with van der Waals surface area (Å²) in [5, 5.41) is 0.946. The van der Waals surface area contributed by atoms with Gasteiger partial charge in [-0.1, -0.05) is 11.6 Å². The molecule has 3 aromatic carbocycles. The lowest BCUT2D eigenvalue weighted by molar-refractivity contribution is -0.0548. The van der Waals surface area contributed by atoms with E-state index >= 15 is 0 Å². The van der Waals surface area contributed by atoms with E-state index in [1.165, 1.54) is 12.1 Å². The van der Waals surface area contributed by atoms with E-state index in [0.29, 0.717) is 38.6 Å². The molecule has 7 nitrogen and oxygen atoms in total. The van der Waals surface area contributed by atoms with Gasteiger partial charge in [0.05, 0.1) is 17.6 Å². The van der Waals surface area contributed by atoms with Crippen molar-refractivity contribution in [1.82, 2.24) is 4.57 Å². The second kappa shape index (κ2) is 9.41. The fraction of sp³-hybridized carbons (Fsp3) is 0.250. The summed E-state index contributed by atoms with van der Waals surface area (Å²) in [6, 6.07) is 12.1. The zero-order valence-corrected chi connectivity index (χ0v) is 21.9. The molecule has 0 amide bonds. The van der Waals surface area contributed by atoms with Crippen LogP contribution in [0.5, 0.6) is 5.75 Å². The summed E-state index contributed by atoms with van der Waals surface area (Å²) >= 11 is 0. The monoisotopic (exact) mass is 595 g/mol. The van der Waals surface area contributed by atoms with Crippen LogP contribution in [-0.2, 0) is 31.0 Å². The molecule has 4 aromatic rings. The lowest BCUT2D eigenvalue weighted by atomic mass is 10.0. The van der Waals surface area contributed by atoms with E-state index in [2.05, 4.69) is 8.37 Å². The molecule has 1 heterocycles. The van der Waals surface area contributed by atoms with Crippen LogP contribution in [0.4, 0.5) is 26.3 Å². The number of fused-ring (bicyclic) bond motifs is 3. The van der Waals surface area contributed by atoms with Crippen LogP contribution in [0.25, 0.3) is 27.5 Å². The molecule has 0 aliphatic rings. The van der Waals surface area contributed by atoms with Crippen LogP contribution in [0, 0.1) is 20.8 Å². The molecular formula is C24H19F6NO6S2. The van der Waals surface area contributed by atoms with Gasteiger partial charge in [0, 0.05) is 16.5 Å². The zero-order chi connectivity index (χ0) is 29.1. The number of hydrogen-bond acceptors (Lipinski definition) is 6. The second-order valence-corrected chi connectivity index (χ2v) is 11.9. The molecule has 39 heavy (non-hydrogen) atoms. The minimum Gasteiger partial charge on any atom is -0.376 e. The van der Waals surface area contributed by atoms with Crippen molar-refractivity contribution >= 4 is 42.0 Å². The molecule has 1 aromatic heterocycles. The minimum absolute atomic E-state index is 0.219. The van der Waals surface area contributed by atoms with E-state index in [1.807, 2.05) is 0 Å². The van der Waals surface area contributed by atoms with Gasteiger partial charge in [0.1, 0.15) is 5.75 Å². The highest BCUT2D eigenvalue weighted by atomic mass is 32.2. The van der Waals surface area contributed by atoms with Crippen molar-refractivity contribution in [2.75, 3.05) is 0 Å². The van der Waals surface area contributed by atoms with E-state index in [-0.39, 0.29) is 5.56 Å². The van der Waals surface area contributed by atoms with Gasteiger partial charge in [-0.3, -0.25) is 4.18 Å². The maximum atomic E-state index is 12.8. The second-order valence-electron chi connectivity index (χ2n) is 8.74. The molecule has 0 spiro atoms. The number of alkyl halides is 6. The summed E-state index contributed by atoms with van der Waals surface area (Å²) in [5.41, 5.74) is -7.76. The molecule has 0 fully saturated rings. The number of aromatic nitrogens is 1. The number of hydrogen-bond donors (Lipinski definition) is 0. The molecule has 0 atom stereocenters. The average Bonchev–Trinajstić information content (AvgIpc) is 3.09. The molecule has 210 valence electrons. The van der Waals surface area contributed by atoms with Crippen molar-refractivity contribution in [3.8, 4) is 11.4 Å². The fourth-order valence-corrected chi connectivity index (χ4v) is 5.01. The van der Waals surface area contributed by atoms with Gasteiger partial charge in [0.2, 0.25) is 0 Å². The first-order chi connectivity index (χ1) is 17.8. The number of halogens is 6. The third-order valence-corrected chi connectivity index (χ3v) is 7.94. The van der Waals surface area contributed by atoms with Crippen molar-refractivity contribution in [2.45, 2.75) is 38.4 Å². The highest BCUT2D eigenvalue weighted by Crippen LogP contribution is 2.37. The number of nitrogens with zero attached hydrogens (tertiary/aromatic N) is 1. The Morgan fingerprint density at radius 2 is 1.23 bits per heavy atom. The van der Waals surface area contributed by atoms with Gasteiger partial charge in [-0.2, -0.15) is 43.2 Å². The van der Waals surface area contributed by atoms with Gasteiger partial charge < -0.3 is 8.75 Å². The molecule has 0 bridgehead atoms. The lowest BCUT2D eigenvalue weighted by Gasteiger charge is -2.16. The molecule has 15 heteroatoms. The van der Waals surface area contributed by atoms with Crippen LogP contribution in [-0.4, -0.2) is 32.4 Å². The lowest BCUT2D eigenvalue weighted by Crippen LogP contribution is -2.28. The summed E-state index contributed by atoms with van der Waals surface area (Å²) in [7, 11) is -11.7. The smallest absolute Gasteiger partial charge is 0.376 e. The van der Waals surface area contributed by atoms with E-state index in [1.54, 1.807) is 55.7 Å². The maximum Gasteiger partial charge on any atom is 0.534 e. The number of rotatable bonds is 6. The van der Waals surface area contributed by atoms with Gasteiger partial charge in [0.15, 0.2) is 0 Å². The van der Waals surface area contributed by atoms with Gasteiger partial charge in [-0.25, -0.2) is 0 Å². The van der Waals surface area contributed by atoms with Crippen molar-refractivity contribution in [3.63, 3.8) is 0 Å². The van der Waals surface area contributed by atoms with Crippen LogP contribution in [0.1, 0.15) is 22.3 Å². The highest BCUT2D eigenvalue weighted by molar-refractivity contribution is 7.88. The van der Waals surface area contributed by atoms with Crippen LogP contribution >= 0.6 is 0 Å². The summed E-state index contributed by atoms with van der Waals surface area (Å²) in [5.74, 6) is -0.550. The summed E-state index contributed by atoms with van der Waals surface area (Å²) in [4.78, 5) is 0. The molecule has 0 aliphatic carbocycles. The SMILES string of the molecule is Cc1ccc2c(c1)c1cc(OS(=O)(=O)C(F)(F)F)ccc1n2-c1cc(C)c(COS(=O)(=O)C(F)(F)F)c(C)c1. The topological polar surface area (TPSA) is 91.7 Å². The number of benzene rings is 3. The maximum absolute atomic E-state index is 12.8. The standard InChI is InChI=1S/C24H19F6NO6S2/c1-13-4-6-21-18(8-13)19-11-17(37-39(34,35)24(28,29)30)5-7-22(19)31(21)16-9-14(2)20(15(3)10-16)12-36-38(32,33)23(25,26)27/h4-11H,12H2,1-3H3. The minimum atomic E-state index is -5.90. The Kier molecular flexibility index (Phi) is 6.93. The zero-order valence-electron chi connectivity index (χ0n) is 20.3. The Hall–Kier alpha value is -3.30. The largest absolute Gasteiger partial charge is 0.534 e. The number of aryl methyl sites for hydroxylation is 3. The van der Waals surface area contributed by atoms with Crippen molar-refractivity contribution in [2.24, 2.45) is 0 Å². The Balaban J connectivity index is 1.85. The third-order valence-electron chi connectivity index (χ3n) is 5.96. The first-order valence-electron chi connectivity index (χ1n) is 10.9. The molecule has 0 saturated heterocycles. The predicted octanol–water partition coefficient (Wildman–Crippen LogP) is 6.30. The van der Waals surface area contributed by atoms with Crippen LogP contribution < -0.4 is 4.18 Å². The van der Waals surface area contributed by atoms with Crippen LogP contribution in [0.2, 0.25) is 0 Å². The van der Waals surface area contributed by atoms with E-state index in [9.17, 15) is 43.2 Å². The highest BCUT2D eigenvalue weighted by Gasteiger charge is 2.49. The van der Waals surface area contributed by atoms with Crippen molar-refractivity contribution in [1.29, 1.82) is 0 Å². The summed E-state index contributed by atoms with van der Waals surface area (Å²) in [6.07, 6.45) is 0. The van der Waals surface area contributed by atoms with Crippen molar-refractivity contribution < 1.29 is 51.5 Å². The molecular weight excluding hydrogens is 576 g/mol. The molecule has 0 saturated carbocycles. The molecule has 0 N–H and O–H groups in total.